The summed E-state index contributed by atoms with van der Waals surface area (Å²) in [6, 6.07) is 14.2. The van der Waals surface area contributed by atoms with Crippen molar-refractivity contribution in [3.05, 3.63) is 84.3 Å². The van der Waals surface area contributed by atoms with Gasteiger partial charge in [-0.3, -0.25) is 19.5 Å². The molecule has 3 heterocycles. The van der Waals surface area contributed by atoms with Crippen molar-refractivity contribution in [1.82, 2.24) is 25.1 Å². The van der Waals surface area contributed by atoms with Crippen LogP contribution in [0.3, 0.4) is 0 Å². The molecule has 8 heteroatoms. The van der Waals surface area contributed by atoms with Crippen molar-refractivity contribution in [2.45, 2.75) is 38.4 Å². The number of aromatic nitrogens is 2. The molecule has 172 valence electrons. The molecule has 1 aliphatic heterocycles. The Morgan fingerprint density at radius 1 is 1.09 bits per heavy atom. The van der Waals surface area contributed by atoms with E-state index < -0.39 is 0 Å². The highest BCUT2D eigenvalue weighted by molar-refractivity contribution is 5.92. The standard InChI is InChI=1S/C25H29N5O3/c31-24(28-21-8-13-29(14-9-21)18-20-5-2-1-3-6-20)10-15-30(19-22-7-4-16-33-22)25(32)23-17-26-11-12-27-23/h1-7,11-12,16-17,21H,8-10,13-15,18-19H2,(H,28,31). The first-order valence-electron chi connectivity index (χ1n) is 11.3. The normalized spacial score (nSPS) is 14.7. The van der Waals surface area contributed by atoms with Crippen molar-refractivity contribution < 1.29 is 14.0 Å². The summed E-state index contributed by atoms with van der Waals surface area (Å²) >= 11 is 0. The van der Waals surface area contributed by atoms with E-state index in [1.165, 1.54) is 24.2 Å². The highest BCUT2D eigenvalue weighted by Crippen LogP contribution is 2.14. The van der Waals surface area contributed by atoms with E-state index in [9.17, 15) is 9.59 Å². The Morgan fingerprint density at radius 2 is 1.91 bits per heavy atom. The second-order valence-electron chi connectivity index (χ2n) is 8.25. The molecular formula is C25H29N5O3. The predicted octanol–water partition coefficient (Wildman–Crippen LogP) is 2.88. The molecule has 1 fully saturated rings. The Labute approximate surface area is 193 Å². The van der Waals surface area contributed by atoms with E-state index in [1.54, 1.807) is 23.3 Å². The van der Waals surface area contributed by atoms with Gasteiger partial charge >= 0.3 is 0 Å². The minimum atomic E-state index is -0.276. The van der Waals surface area contributed by atoms with Crippen molar-refractivity contribution in [2.75, 3.05) is 19.6 Å². The Balaban J connectivity index is 1.25. The van der Waals surface area contributed by atoms with E-state index >= 15 is 0 Å². The van der Waals surface area contributed by atoms with Gasteiger partial charge in [-0.05, 0) is 30.5 Å². The molecule has 0 saturated carbocycles. The van der Waals surface area contributed by atoms with Crippen LogP contribution in [-0.2, 0) is 17.9 Å². The number of furan rings is 1. The lowest BCUT2D eigenvalue weighted by molar-refractivity contribution is -0.122. The predicted molar refractivity (Wildman–Crippen MR) is 123 cm³/mol. The summed E-state index contributed by atoms with van der Waals surface area (Å²) in [5.74, 6) is 0.327. The van der Waals surface area contributed by atoms with Gasteiger partial charge < -0.3 is 14.6 Å². The maximum Gasteiger partial charge on any atom is 0.274 e. The summed E-state index contributed by atoms with van der Waals surface area (Å²) in [5, 5.41) is 3.14. The summed E-state index contributed by atoms with van der Waals surface area (Å²) in [6.45, 7) is 3.39. The Hall–Kier alpha value is -3.52. The molecule has 0 bridgehead atoms. The van der Waals surface area contributed by atoms with Crippen LogP contribution in [0.15, 0.2) is 71.7 Å². The zero-order valence-electron chi connectivity index (χ0n) is 18.6. The minimum Gasteiger partial charge on any atom is -0.467 e. The fourth-order valence-corrected chi connectivity index (χ4v) is 4.03. The van der Waals surface area contributed by atoms with Crippen LogP contribution in [0.1, 0.15) is 41.1 Å². The van der Waals surface area contributed by atoms with E-state index in [-0.39, 0.29) is 43.1 Å². The maximum absolute atomic E-state index is 12.9. The summed E-state index contributed by atoms with van der Waals surface area (Å²) in [6.07, 6.45) is 8.07. The number of rotatable bonds is 9. The van der Waals surface area contributed by atoms with E-state index in [0.29, 0.717) is 5.76 Å². The Kier molecular flexibility index (Phi) is 7.81. The van der Waals surface area contributed by atoms with Gasteiger partial charge in [-0.15, -0.1) is 0 Å². The molecule has 1 saturated heterocycles. The van der Waals surface area contributed by atoms with Gasteiger partial charge in [-0.25, -0.2) is 4.98 Å². The average Bonchev–Trinajstić information content (AvgIpc) is 3.37. The monoisotopic (exact) mass is 447 g/mol. The molecule has 2 aromatic heterocycles. The summed E-state index contributed by atoms with van der Waals surface area (Å²) < 4.78 is 5.40. The highest BCUT2D eigenvalue weighted by atomic mass is 16.3. The van der Waals surface area contributed by atoms with Crippen molar-refractivity contribution >= 4 is 11.8 Å². The van der Waals surface area contributed by atoms with Gasteiger partial charge in [0.1, 0.15) is 11.5 Å². The van der Waals surface area contributed by atoms with Gasteiger partial charge in [-0.2, -0.15) is 0 Å². The molecule has 0 unspecified atom stereocenters. The number of carbonyl (C=O) groups is 2. The molecule has 0 atom stereocenters. The molecule has 1 N–H and O–H groups in total. The highest BCUT2D eigenvalue weighted by Gasteiger charge is 2.23. The third kappa shape index (κ3) is 6.73. The van der Waals surface area contributed by atoms with Crippen molar-refractivity contribution in [3.63, 3.8) is 0 Å². The first kappa shape index (κ1) is 22.7. The third-order valence-corrected chi connectivity index (χ3v) is 5.81. The molecule has 8 nitrogen and oxygen atoms in total. The minimum absolute atomic E-state index is 0.0482. The lowest BCUT2D eigenvalue weighted by Crippen LogP contribution is -2.45. The SMILES string of the molecule is O=C(CCN(Cc1ccco1)C(=O)c1cnccn1)NC1CCN(Cc2ccccc2)CC1. The molecule has 2 amide bonds. The van der Waals surface area contributed by atoms with E-state index in [2.05, 4.69) is 44.5 Å². The zero-order valence-corrected chi connectivity index (χ0v) is 18.6. The summed E-state index contributed by atoms with van der Waals surface area (Å²) in [7, 11) is 0. The van der Waals surface area contributed by atoms with Gasteiger partial charge in [0.25, 0.3) is 5.91 Å². The molecule has 4 rings (SSSR count). The molecule has 3 aromatic rings. The van der Waals surface area contributed by atoms with Gasteiger partial charge in [-0.1, -0.05) is 30.3 Å². The van der Waals surface area contributed by atoms with Crippen LogP contribution in [0.2, 0.25) is 0 Å². The Bertz CT molecular complexity index is 1000. The van der Waals surface area contributed by atoms with Gasteiger partial charge in [0.15, 0.2) is 0 Å². The second-order valence-corrected chi connectivity index (χ2v) is 8.25. The van der Waals surface area contributed by atoms with E-state index in [4.69, 9.17) is 4.42 Å². The van der Waals surface area contributed by atoms with Crippen molar-refractivity contribution in [1.29, 1.82) is 0 Å². The average molecular weight is 448 g/mol. The first-order chi connectivity index (χ1) is 16.2. The number of carbonyl (C=O) groups excluding carboxylic acids is 2. The quantitative estimate of drug-likeness (QED) is 0.542. The molecule has 1 aliphatic rings. The number of hydrogen-bond acceptors (Lipinski definition) is 6. The van der Waals surface area contributed by atoms with Crippen LogP contribution >= 0.6 is 0 Å². The smallest absolute Gasteiger partial charge is 0.274 e. The van der Waals surface area contributed by atoms with Crippen molar-refractivity contribution in [2.24, 2.45) is 0 Å². The third-order valence-electron chi connectivity index (χ3n) is 5.81. The van der Waals surface area contributed by atoms with Crippen LogP contribution < -0.4 is 5.32 Å². The van der Waals surface area contributed by atoms with E-state index in [1.807, 2.05) is 6.07 Å². The topological polar surface area (TPSA) is 91.6 Å². The van der Waals surface area contributed by atoms with Crippen LogP contribution in [0.4, 0.5) is 0 Å². The zero-order chi connectivity index (χ0) is 22.9. The Morgan fingerprint density at radius 3 is 2.61 bits per heavy atom. The molecule has 33 heavy (non-hydrogen) atoms. The van der Waals surface area contributed by atoms with Gasteiger partial charge in [0.2, 0.25) is 5.91 Å². The molecule has 0 aliphatic carbocycles. The lowest BCUT2D eigenvalue weighted by Gasteiger charge is -2.32. The molecule has 1 aromatic carbocycles. The molecule has 0 spiro atoms. The van der Waals surface area contributed by atoms with E-state index in [0.717, 1.165) is 32.5 Å². The molecular weight excluding hydrogens is 418 g/mol. The van der Waals surface area contributed by atoms with Gasteiger partial charge in [0.05, 0.1) is 19.0 Å². The fraction of sp³-hybridized carbons (Fsp3) is 0.360. The summed E-state index contributed by atoms with van der Waals surface area (Å²) in [4.78, 5) is 37.6. The lowest BCUT2D eigenvalue weighted by atomic mass is 10.0. The number of nitrogens with one attached hydrogen (secondary N) is 1. The number of benzene rings is 1. The summed E-state index contributed by atoms with van der Waals surface area (Å²) in [5.41, 5.74) is 1.56. The molecule has 0 radical (unpaired) electrons. The van der Waals surface area contributed by atoms with Crippen molar-refractivity contribution in [3.8, 4) is 0 Å². The van der Waals surface area contributed by atoms with Crippen LogP contribution in [0, 0.1) is 0 Å². The maximum atomic E-state index is 12.9. The van der Waals surface area contributed by atoms with Crippen LogP contribution in [0.5, 0.6) is 0 Å². The number of likely N-dealkylation sites (tertiary alicyclic amines) is 1. The second kappa shape index (κ2) is 11.4. The van der Waals surface area contributed by atoms with Crippen LogP contribution in [-0.4, -0.2) is 57.3 Å². The number of nitrogens with zero attached hydrogens (tertiary/aromatic N) is 4. The number of piperidine rings is 1. The number of amides is 2. The fourth-order valence-electron chi connectivity index (χ4n) is 4.03. The first-order valence-corrected chi connectivity index (χ1v) is 11.3. The largest absolute Gasteiger partial charge is 0.467 e. The number of hydrogen-bond donors (Lipinski definition) is 1. The van der Waals surface area contributed by atoms with Crippen LogP contribution in [0.25, 0.3) is 0 Å². The van der Waals surface area contributed by atoms with Gasteiger partial charge in [0, 0.05) is 51.0 Å².